The van der Waals surface area contributed by atoms with E-state index in [-0.39, 0.29) is 11.7 Å². The summed E-state index contributed by atoms with van der Waals surface area (Å²) < 4.78 is 23.5. The van der Waals surface area contributed by atoms with Crippen LogP contribution in [-0.4, -0.2) is 29.3 Å². The maximum absolute atomic E-state index is 14.1. The van der Waals surface area contributed by atoms with Crippen molar-refractivity contribution in [1.82, 2.24) is 29.3 Å². The molecular weight excluding hydrogens is 399 g/mol. The summed E-state index contributed by atoms with van der Waals surface area (Å²) >= 11 is 0. The summed E-state index contributed by atoms with van der Waals surface area (Å²) in [7, 11) is 1.70. The number of nitrogens with two attached hydrogens (primary N) is 1. The minimum Gasteiger partial charge on any atom is -0.467 e. The lowest BCUT2D eigenvalue weighted by atomic mass is 10.0. The van der Waals surface area contributed by atoms with Gasteiger partial charge in [-0.3, -0.25) is 4.68 Å². The molecule has 0 unspecified atom stereocenters. The molecule has 1 aliphatic heterocycles. The number of rotatable bonds is 0. The van der Waals surface area contributed by atoms with Gasteiger partial charge in [-0.2, -0.15) is 10.4 Å². The highest BCUT2D eigenvalue weighted by Crippen LogP contribution is 2.35. The Labute approximate surface area is 176 Å². The van der Waals surface area contributed by atoms with Crippen LogP contribution in [0.4, 0.5) is 10.2 Å². The first-order chi connectivity index (χ1) is 15.0. The molecule has 0 spiro atoms. The van der Waals surface area contributed by atoms with Gasteiger partial charge < -0.3 is 15.0 Å². The van der Waals surface area contributed by atoms with Crippen molar-refractivity contribution in [3.8, 4) is 34.6 Å². The first-order valence-corrected chi connectivity index (χ1v) is 9.52. The smallest absolute Gasteiger partial charge is 0.258 e. The number of nitrogen functional groups attached to an aromatic ring is 1. The molecule has 4 aromatic rings. The van der Waals surface area contributed by atoms with E-state index in [1.54, 1.807) is 26.2 Å². The summed E-state index contributed by atoms with van der Waals surface area (Å²) in [4.78, 5) is 13.2. The van der Waals surface area contributed by atoms with Crippen molar-refractivity contribution in [3.63, 3.8) is 0 Å². The van der Waals surface area contributed by atoms with Gasteiger partial charge in [0.1, 0.15) is 29.5 Å². The second-order valence-electron chi connectivity index (χ2n) is 7.22. The van der Waals surface area contributed by atoms with Crippen molar-refractivity contribution >= 4 is 5.82 Å². The normalized spacial score (nSPS) is 14.8. The summed E-state index contributed by atoms with van der Waals surface area (Å²) in [5.41, 5.74) is 9.23. The van der Waals surface area contributed by atoms with Gasteiger partial charge >= 0.3 is 0 Å². The topological polar surface area (TPSA) is 120 Å². The van der Waals surface area contributed by atoms with E-state index in [2.05, 4.69) is 26.1 Å². The molecule has 2 N–H and O–H groups in total. The van der Waals surface area contributed by atoms with Crippen LogP contribution in [0.5, 0.6) is 5.88 Å². The van der Waals surface area contributed by atoms with Crippen molar-refractivity contribution in [2.45, 2.75) is 19.6 Å². The summed E-state index contributed by atoms with van der Waals surface area (Å²) in [6.45, 7) is 2.11. The number of benzene rings is 1. The second kappa shape index (κ2) is 6.91. The van der Waals surface area contributed by atoms with E-state index in [1.807, 2.05) is 10.8 Å². The molecule has 10 heteroatoms. The molecular formula is C21H17FN8O. The molecule has 31 heavy (non-hydrogen) atoms. The molecule has 1 aromatic carbocycles. The lowest BCUT2D eigenvalue weighted by molar-refractivity contribution is 0.218. The lowest BCUT2D eigenvalue weighted by Crippen LogP contribution is -2.12. The van der Waals surface area contributed by atoms with Crippen molar-refractivity contribution in [1.29, 1.82) is 5.26 Å². The molecule has 154 valence electrons. The van der Waals surface area contributed by atoms with Crippen LogP contribution in [0.15, 0.2) is 36.8 Å². The van der Waals surface area contributed by atoms with E-state index in [1.165, 1.54) is 23.0 Å². The zero-order chi connectivity index (χ0) is 21.7. The molecule has 9 nitrogen and oxygen atoms in total. The van der Waals surface area contributed by atoms with Crippen molar-refractivity contribution < 1.29 is 9.13 Å². The molecule has 0 aliphatic carbocycles. The molecule has 4 heterocycles. The van der Waals surface area contributed by atoms with Gasteiger partial charge in [0.15, 0.2) is 5.82 Å². The number of nitriles is 1. The van der Waals surface area contributed by atoms with Crippen LogP contribution in [0.3, 0.4) is 0 Å². The first-order valence-electron chi connectivity index (χ1n) is 9.52. The van der Waals surface area contributed by atoms with Crippen LogP contribution >= 0.6 is 0 Å². The van der Waals surface area contributed by atoms with Gasteiger partial charge in [-0.15, -0.1) is 0 Å². The van der Waals surface area contributed by atoms with Crippen molar-refractivity contribution in [2.24, 2.45) is 7.05 Å². The van der Waals surface area contributed by atoms with Crippen molar-refractivity contribution in [2.75, 3.05) is 5.73 Å². The molecule has 0 saturated heterocycles. The standard InChI is InChI=1S/C21H17FN8O/c1-11-14-7-12(22)3-4-13(14)20-25-5-6-30(20)10-16-18(17(8-23)29(2)28-16)15-9-26-19(24)21(27-15)31-11/h3-7,9,11H,10H2,1-2H3,(H2,24,26)/t11-/m1/s1. The minimum absolute atomic E-state index is 0.0936. The van der Waals surface area contributed by atoms with Crippen molar-refractivity contribution in [3.05, 3.63) is 59.6 Å². The minimum atomic E-state index is -0.592. The maximum Gasteiger partial charge on any atom is 0.258 e. The molecule has 3 aromatic heterocycles. The van der Waals surface area contributed by atoms with E-state index < -0.39 is 11.9 Å². The fourth-order valence-electron chi connectivity index (χ4n) is 3.82. The van der Waals surface area contributed by atoms with Crippen LogP contribution in [0.25, 0.3) is 22.6 Å². The highest BCUT2D eigenvalue weighted by Gasteiger charge is 2.25. The third-order valence-corrected chi connectivity index (χ3v) is 5.27. The SMILES string of the molecule is C[C@H]1Oc2nc(cnc2N)-c2c(nn(C)c2C#N)Cn2ccnc2-c2ccc(F)cc21. The zero-order valence-corrected chi connectivity index (χ0v) is 16.7. The number of hydrogen-bond acceptors (Lipinski definition) is 7. The van der Waals surface area contributed by atoms with Gasteiger partial charge in [0.05, 0.1) is 29.7 Å². The predicted molar refractivity (Wildman–Crippen MR) is 109 cm³/mol. The number of ether oxygens (including phenoxy) is 1. The molecule has 1 atom stereocenters. The van der Waals surface area contributed by atoms with Crippen LogP contribution in [-0.2, 0) is 13.6 Å². The largest absolute Gasteiger partial charge is 0.467 e. The van der Waals surface area contributed by atoms with Crippen LogP contribution in [0.2, 0.25) is 0 Å². The fourth-order valence-corrected chi connectivity index (χ4v) is 3.82. The summed E-state index contributed by atoms with van der Waals surface area (Å²) in [5.74, 6) is 0.431. The highest BCUT2D eigenvalue weighted by molar-refractivity contribution is 5.70. The number of halogens is 1. The average Bonchev–Trinajstić information content (AvgIpc) is 3.32. The molecule has 5 rings (SSSR count). The average molecular weight is 416 g/mol. The van der Waals surface area contributed by atoms with Gasteiger partial charge in [0.2, 0.25) is 0 Å². The Hall–Kier alpha value is -4.26. The van der Waals surface area contributed by atoms with Crippen LogP contribution in [0.1, 0.15) is 30.0 Å². The van der Waals surface area contributed by atoms with Gasteiger partial charge in [-0.1, -0.05) is 0 Å². The number of fused-ring (bicyclic) bond motifs is 7. The van der Waals surface area contributed by atoms with E-state index >= 15 is 0 Å². The van der Waals surface area contributed by atoms with Crippen LogP contribution < -0.4 is 10.5 Å². The van der Waals surface area contributed by atoms with Gasteiger partial charge in [-0.25, -0.2) is 19.3 Å². The Kier molecular flexibility index (Phi) is 4.18. The third-order valence-electron chi connectivity index (χ3n) is 5.27. The monoisotopic (exact) mass is 416 g/mol. The molecule has 0 fully saturated rings. The van der Waals surface area contributed by atoms with Gasteiger partial charge in [0, 0.05) is 30.6 Å². The summed E-state index contributed by atoms with van der Waals surface area (Å²) in [6, 6.07) is 6.64. The molecule has 0 radical (unpaired) electrons. The Morgan fingerprint density at radius 2 is 2.16 bits per heavy atom. The van der Waals surface area contributed by atoms with Crippen LogP contribution in [0, 0.1) is 17.1 Å². The Morgan fingerprint density at radius 3 is 2.97 bits per heavy atom. The number of aryl methyl sites for hydroxylation is 1. The quantitative estimate of drug-likeness (QED) is 0.468. The number of anilines is 1. The molecule has 2 bridgehead atoms. The Morgan fingerprint density at radius 1 is 1.32 bits per heavy atom. The van der Waals surface area contributed by atoms with Gasteiger partial charge in [0.25, 0.3) is 5.88 Å². The molecule has 1 aliphatic rings. The Bertz CT molecular complexity index is 1370. The number of nitrogens with zero attached hydrogens (tertiary/aromatic N) is 7. The van der Waals surface area contributed by atoms with E-state index in [4.69, 9.17) is 10.5 Å². The number of hydrogen-bond donors (Lipinski definition) is 1. The molecule has 0 amide bonds. The zero-order valence-electron chi connectivity index (χ0n) is 16.7. The highest BCUT2D eigenvalue weighted by atomic mass is 19.1. The second-order valence-corrected chi connectivity index (χ2v) is 7.22. The predicted octanol–water partition coefficient (Wildman–Crippen LogP) is 2.84. The van der Waals surface area contributed by atoms with Gasteiger partial charge in [-0.05, 0) is 25.1 Å². The fraction of sp³-hybridized carbons (Fsp3) is 0.190. The third kappa shape index (κ3) is 2.98. The van der Waals surface area contributed by atoms with E-state index in [0.717, 1.165) is 0 Å². The molecule has 0 saturated carbocycles. The van der Waals surface area contributed by atoms with E-state index in [0.29, 0.717) is 46.1 Å². The first kappa shape index (κ1) is 18.7. The number of imidazole rings is 1. The van der Waals surface area contributed by atoms with E-state index in [9.17, 15) is 9.65 Å². The number of aromatic nitrogens is 6. The summed E-state index contributed by atoms with van der Waals surface area (Å²) in [5, 5.41) is 14.3. The maximum atomic E-state index is 14.1. The summed E-state index contributed by atoms with van der Waals surface area (Å²) in [6.07, 6.45) is 4.37. The Balaban J connectivity index is 1.83. The lowest BCUT2D eigenvalue weighted by Gasteiger charge is -2.20.